The van der Waals surface area contributed by atoms with Gasteiger partial charge in [0.15, 0.2) is 5.75 Å². The molecule has 27 heavy (non-hydrogen) atoms. The predicted molar refractivity (Wildman–Crippen MR) is 95.5 cm³/mol. The molecular weight excluding hydrogens is 354 g/mol. The Bertz CT molecular complexity index is 909. The van der Waals surface area contributed by atoms with Gasteiger partial charge in [0.1, 0.15) is 5.56 Å². The van der Waals surface area contributed by atoms with Gasteiger partial charge < -0.3 is 19.2 Å². The number of carbonyl (C=O) groups is 1. The molecule has 1 amide bonds. The van der Waals surface area contributed by atoms with Crippen LogP contribution in [0.5, 0.6) is 11.6 Å². The van der Waals surface area contributed by atoms with Crippen molar-refractivity contribution in [1.29, 1.82) is 0 Å². The smallest absolute Gasteiger partial charge is 0.280 e. The molecule has 2 aromatic rings. The summed E-state index contributed by atoms with van der Waals surface area (Å²) < 4.78 is 16.1. The number of aromatic nitrogens is 2. The summed E-state index contributed by atoms with van der Waals surface area (Å²) in [6, 6.07) is 3.34. The van der Waals surface area contributed by atoms with Gasteiger partial charge in [-0.25, -0.2) is 10.5 Å². The number of ether oxygens (including phenoxy) is 3. The molecule has 3 N–H and O–H groups in total. The number of hydrogen-bond donors (Lipinski definition) is 3. The zero-order valence-corrected chi connectivity index (χ0v) is 15.1. The molecule has 3 rings (SSSR count). The van der Waals surface area contributed by atoms with E-state index in [9.17, 15) is 9.59 Å². The molecule has 0 unspecified atom stereocenters. The maximum Gasteiger partial charge on any atom is 0.280 e. The minimum Gasteiger partial charge on any atom is -0.488 e. The molecule has 1 aliphatic carbocycles. The van der Waals surface area contributed by atoms with Crippen molar-refractivity contribution in [3.8, 4) is 23.0 Å². The van der Waals surface area contributed by atoms with Crippen molar-refractivity contribution in [2.75, 3.05) is 27.4 Å². The monoisotopic (exact) mass is 375 g/mol. The number of pyridine rings is 2. The van der Waals surface area contributed by atoms with E-state index in [0.29, 0.717) is 49.1 Å². The standard InChI is InChI=1S/C18H21N3O6/c1-25-6-3-7-27-13-9-11-5-4-10-8-12(17(23)21-24)16(22)19-14(10)15(11)20-18(13)26-2/h8-9,24H,3-7H2,1-2H3,(H,19,22)(H,21,23). The Morgan fingerprint density at radius 1 is 1.26 bits per heavy atom. The van der Waals surface area contributed by atoms with Crippen molar-refractivity contribution in [3.05, 3.63) is 39.2 Å². The predicted octanol–water partition coefficient (Wildman–Crippen LogP) is 1.08. The van der Waals surface area contributed by atoms with E-state index in [0.717, 1.165) is 17.5 Å². The third kappa shape index (κ3) is 3.79. The van der Waals surface area contributed by atoms with Gasteiger partial charge in [-0.3, -0.25) is 14.8 Å². The van der Waals surface area contributed by atoms with Crippen LogP contribution in [0.4, 0.5) is 0 Å². The number of nitrogens with one attached hydrogen (secondary N) is 2. The van der Waals surface area contributed by atoms with Crippen LogP contribution in [0.25, 0.3) is 11.4 Å². The normalized spacial score (nSPS) is 12.1. The van der Waals surface area contributed by atoms with Crippen LogP contribution in [-0.4, -0.2) is 48.5 Å². The number of hydroxylamine groups is 1. The summed E-state index contributed by atoms with van der Waals surface area (Å²) >= 11 is 0. The van der Waals surface area contributed by atoms with Gasteiger partial charge in [-0.1, -0.05) is 0 Å². The van der Waals surface area contributed by atoms with Crippen molar-refractivity contribution >= 4 is 5.91 Å². The van der Waals surface area contributed by atoms with E-state index in [4.69, 9.17) is 19.4 Å². The number of methoxy groups -OCH3 is 2. The van der Waals surface area contributed by atoms with E-state index in [1.807, 2.05) is 6.07 Å². The molecule has 0 bridgehead atoms. The second-order valence-corrected chi connectivity index (χ2v) is 6.05. The van der Waals surface area contributed by atoms with Crippen LogP contribution in [0.3, 0.4) is 0 Å². The number of rotatable bonds is 7. The summed E-state index contributed by atoms with van der Waals surface area (Å²) in [7, 11) is 3.13. The minimum absolute atomic E-state index is 0.148. The highest BCUT2D eigenvalue weighted by Gasteiger charge is 2.24. The van der Waals surface area contributed by atoms with Gasteiger partial charge in [-0.2, -0.15) is 0 Å². The molecule has 1 aliphatic rings. The molecule has 2 aromatic heterocycles. The number of aryl methyl sites for hydroxylation is 2. The quantitative estimate of drug-likeness (QED) is 0.376. The molecule has 0 atom stereocenters. The fourth-order valence-electron chi connectivity index (χ4n) is 3.04. The number of fused-ring (bicyclic) bond motifs is 3. The molecule has 0 aliphatic heterocycles. The van der Waals surface area contributed by atoms with Crippen LogP contribution in [-0.2, 0) is 17.6 Å². The molecule has 9 heteroatoms. The summed E-state index contributed by atoms with van der Waals surface area (Å²) in [5.74, 6) is 0.00154. The molecule has 9 nitrogen and oxygen atoms in total. The van der Waals surface area contributed by atoms with Crippen LogP contribution in [0, 0.1) is 0 Å². The Balaban J connectivity index is 1.98. The van der Waals surface area contributed by atoms with Crippen LogP contribution >= 0.6 is 0 Å². The van der Waals surface area contributed by atoms with E-state index in [1.165, 1.54) is 18.7 Å². The number of hydrogen-bond acceptors (Lipinski definition) is 7. The Kier molecular flexibility index (Phi) is 5.72. The zero-order valence-electron chi connectivity index (χ0n) is 15.1. The molecular formula is C18H21N3O6. The Morgan fingerprint density at radius 3 is 2.74 bits per heavy atom. The van der Waals surface area contributed by atoms with Crippen LogP contribution in [0.1, 0.15) is 27.9 Å². The van der Waals surface area contributed by atoms with E-state index in [-0.39, 0.29) is 5.56 Å². The maximum absolute atomic E-state index is 12.2. The van der Waals surface area contributed by atoms with E-state index in [2.05, 4.69) is 9.97 Å². The fraction of sp³-hybridized carbons (Fsp3) is 0.389. The zero-order chi connectivity index (χ0) is 19.4. The highest BCUT2D eigenvalue weighted by atomic mass is 16.5. The SMILES string of the molecule is COCCCOc1cc2c(nc1OC)-c1[nH]c(=O)c(C(=O)NO)cc1CC2. The topological polar surface area (TPSA) is 123 Å². The summed E-state index contributed by atoms with van der Waals surface area (Å²) in [6.07, 6.45) is 2.02. The van der Waals surface area contributed by atoms with Gasteiger partial charge in [0, 0.05) is 20.1 Å². The second kappa shape index (κ2) is 8.19. The molecule has 0 spiro atoms. The molecule has 144 valence electrons. The van der Waals surface area contributed by atoms with Gasteiger partial charge in [-0.15, -0.1) is 0 Å². The minimum atomic E-state index is -0.852. The third-order valence-electron chi connectivity index (χ3n) is 4.35. The van der Waals surface area contributed by atoms with Crippen molar-refractivity contribution in [1.82, 2.24) is 15.4 Å². The highest BCUT2D eigenvalue weighted by molar-refractivity contribution is 5.93. The van der Waals surface area contributed by atoms with Crippen molar-refractivity contribution < 1.29 is 24.2 Å². The van der Waals surface area contributed by atoms with Crippen molar-refractivity contribution in [2.45, 2.75) is 19.3 Å². The highest BCUT2D eigenvalue weighted by Crippen LogP contribution is 2.36. The van der Waals surface area contributed by atoms with E-state index >= 15 is 0 Å². The molecule has 2 heterocycles. The summed E-state index contributed by atoms with van der Waals surface area (Å²) in [5.41, 5.74) is 3.55. The van der Waals surface area contributed by atoms with Gasteiger partial charge in [-0.05, 0) is 36.1 Å². The fourth-order valence-corrected chi connectivity index (χ4v) is 3.04. The van der Waals surface area contributed by atoms with E-state index < -0.39 is 11.5 Å². The first-order valence-electron chi connectivity index (χ1n) is 8.49. The largest absolute Gasteiger partial charge is 0.488 e. The lowest BCUT2D eigenvalue weighted by atomic mass is 9.91. The lowest BCUT2D eigenvalue weighted by Gasteiger charge is -2.21. The number of amides is 1. The van der Waals surface area contributed by atoms with Crippen LogP contribution < -0.4 is 20.5 Å². The lowest BCUT2D eigenvalue weighted by Crippen LogP contribution is -2.28. The van der Waals surface area contributed by atoms with E-state index in [1.54, 1.807) is 7.11 Å². The summed E-state index contributed by atoms with van der Waals surface area (Å²) in [4.78, 5) is 31.0. The number of carbonyl (C=O) groups excluding carboxylic acids is 1. The Morgan fingerprint density at radius 2 is 2.04 bits per heavy atom. The van der Waals surface area contributed by atoms with Gasteiger partial charge in [0.2, 0.25) is 0 Å². The number of nitrogens with zero attached hydrogens (tertiary/aromatic N) is 1. The summed E-state index contributed by atoms with van der Waals surface area (Å²) in [5, 5.41) is 8.77. The number of H-pyrrole nitrogens is 1. The Hall–Kier alpha value is -2.91. The lowest BCUT2D eigenvalue weighted by molar-refractivity contribution is 0.0704. The van der Waals surface area contributed by atoms with Crippen molar-refractivity contribution in [2.24, 2.45) is 0 Å². The first-order chi connectivity index (χ1) is 13.1. The molecule has 0 fully saturated rings. The average Bonchev–Trinajstić information content (AvgIpc) is 2.69. The summed E-state index contributed by atoms with van der Waals surface area (Å²) in [6.45, 7) is 1.07. The average molecular weight is 375 g/mol. The van der Waals surface area contributed by atoms with Gasteiger partial charge >= 0.3 is 0 Å². The molecule has 0 saturated heterocycles. The molecule has 0 saturated carbocycles. The van der Waals surface area contributed by atoms with Gasteiger partial charge in [0.05, 0.1) is 25.1 Å². The molecule has 0 aromatic carbocycles. The maximum atomic E-state index is 12.2. The van der Waals surface area contributed by atoms with Crippen LogP contribution in [0.15, 0.2) is 16.9 Å². The third-order valence-corrected chi connectivity index (χ3v) is 4.35. The molecule has 0 radical (unpaired) electrons. The second-order valence-electron chi connectivity index (χ2n) is 6.05. The van der Waals surface area contributed by atoms with Crippen LogP contribution in [0.2, 0.25) is 0 Å². The van der Waals surface area contributed by atoms with Gasteiger partial charge in [0.25, 0.3) is 17.3 Å². The van der Waals surface area contributed by atoms with Crippen molar-refractivity contribution in [3.63, 3.8) is 0 Å². The first kappa shape index (κ1) is 18.9. The Labute approximate surface area is 155 Å². The first-order valence-corrected chi connectivity index (χ1v) is 8.49. The number of aromatic amines is 1.